The van der Waals surface area contributed by atoms with Gasteiger partial charge in [-0.05, 0) is 12.5 Å². The predicted octanol–water partition coefficient (Wildman–Crippen LogP) is 1.71. The summed E-state index contributed by atoms with van der Waals surface area (Å²) >= 11 is 0. The first kappa shape index (κ1) is 13.7. The molecule has 1 aliphatic heterocycles. The van der Waals surface area contributed by atoms with Crippen molar-refractivity contribution in [2.24, 2.45) is 5.10 Å². The minimum Gasteiger partial charge on any atom is -0.466 e. The number of esters is 1. The fourth-order valence-corrected chi connectivity index (χ4v) is 2.05. The van der Waals surface area contributed by atoms with Crippen LogP contribution in [0.2, 0.25) is 0 Å². The van der Waals surface area contributed by atoms with Crippen molar-refractivity contribution in [3.63, 3.8) is 0 Å². The van der Waals surface area contributed by atoms with Crippen LogP contribution in [-0.4, -0.2) is 24.2 Å². The number of hydrogen-bond donors (Lipinski definition) is 1. The molecule has 1 aromatic carbocycles. The van der Waals surface area contributed by atoms with Gasteiger partial charge in [0.2, 0.25) is 0 Å². The van der Waals surface area contributed by atoms with Crippen molar-refractivity contribution in [1.29, 1.82) is 0 Å². The van der Waals surface area contributed by atoms with Crippen molar-refractivity contribution in [1.82, 2.24) is 5.43 Å². The van der Waals surface area contributed by atoms with Crippen LogP contribution in [0, 0.1) is 10.1 Å². The average molecular weight is 275 g/mol. The largest absolute Gasteiger partial charge is 0.466 e. The monoisotopic (exact) mass is 275 g/mol. The molecule has 0 bridgehead atoms. The summed E-state index contributed by atoms with van der Waals surface area (Å²) in [6.45, 7) is 1.70. The highest BCUT2D eigenvalue weighted by Crippen LogP contribution is 2.29. The molecule has 0 fully saturated rings. The van der Waals surface area contributed by atoms with Gasteiger partial charge in [0.05, 0.1) is 23.5 Å². The fourth-order valence-electron chi connectivity index (χ4n) is 2.05. The number of allylic oxidation sites excluding steroid dienone is 1. The molecule has 7 heteroatoms. The van der Waals surface area contributed by atoms with E-state index in [0.717, 1.165) is 0 Å². The lowest BCUT2D eigenvalue weighted by molar-refractivity contribution is -0.384. The van der Waals surface area contributed by atoms with Crippen molar-refractivity contribution in [3.05, 3.63) is 51.2 Å². The highest BCUT2D eigenvalue weighted by molar-refractivity contribution is 5.97. The third kappa shape index (κ3) is 2.51. The molecule has 1 unspecified atom stereocenters. The van der Waals surface area contributed by atoms with Gasteiger partial charge >= 0.3 is 5.97 Å². The van der Waals surface area contributed by atoms with E-state index in [1.165, 1.54) is 25.5 Å². The summed E-state index contributed by atoms with van der Waals surface area (Å²) in [7, 11) is 1.29. The second-order valence-electron chi connectivity index (χ2n) is 4.25. The number of nitro benzene ring substituents is 1. The van der Waals surface area contributed by atoms with E-state index in [1.807, 2.05) is 0 Å². The fraction of sp³-hybridized carbons (Fsp3) is 0.231. The molecule has 104 valence electrons. The van der Waals surface area contributed by atoms with Crippen LogP contribution in [0.1, 0.15) is 18.4 Å². The summed E-state index contributed by atoms with van der Waals surface area (Å²) in [4.78, 5) is 22.2. The molecule has 2 rings (SSSR count). The summed E-state index contributed by atoms with van der Waals surface area (Å²) in [5.41, 5.74) is 4.24. The Hall–Kier alpha value is -2.70. The highest BCUT2D eigenvalue weighted by Gasteiger charge is 2.28. The van der Waals surface area contributed by atoms with Gasteiger partial charge in [-0.25, -0.2) is 4.79 Å². The Morgan fingerprint density at radius 2 is 2.25 bits per heavy atom. The number of benzene rings is 1. The Balaban J connectivity index is 2.47. The molecule has 0 saturated carbocycles. The Morgan fingerprint density at radius 3 is 2.90 bits per heavy atom. The Bertz CT molecular complexity index is 622. The van der Waals surface area contributed by atoms with Gasteiger partial charge in [-0.1, -0.05) is 12.1 Å². The quantitative estimate of drug-likeness (QED) is 0.515. The summed E-state index contributed by atoms with van der Waals surface area (Å²) in [6.07, 6.45) is 1.53. The number of nitrogens with zero attached hydrogens (tertiary/aromatic N) is 2. The second kappa shape index (κ2) is 5.52. The third-order valence-electron chi connectivity index (χ3n) is 3.02. The smallest absolute Gasteiger partial charge is 0.336 e. The van der Waals surface area contributed by atoms with Gasteiger partial charge < -0.3 is 4.74 Å². The first-order chi connectivity index (χ1) is 9.54. The molecule has 0 spiro atoms. The number of rotatable bonds is 3. The number of carbonyl (C=O) groups is 1. The minimum absolute atomic E-state index is 0.0312. The van der Waals surface area contributed by atoms with Crippen LogP contribution in [-0.2, 0) is 9.53 Å². The average Bonchev–Trinajstić information content (AvgIpc) is 2.46. The third-order valence-corrected chi connectivity index (χ3v) is 3.02. The summed E-state index contributed by atoms with van der Waals surface area (Å²) < 4.78 is 4.76. The molecule has 0 aromatic heterocycles. The number of non-ortho nitro benzene ring substituents is 1. The van der Waals surface area contributed by atoms with E-state index in [9.17, 15) is 14.9 Å². The maximum Gasteiger partial charge on any atom is 0.336 e. The number of hydrazone groups is 1. The van der Waals surface area contributed by atoms with Crippen molar-refractivity contribution in [3.8, 4) is 0 Å². The summed E-state index contributed by atoms with van der Waals surface area (Å²) in [5, 5.41) is 14.8. The molecule has 0 saturated heterocycles. The second-order valence-corrected chi connectivity index (χ2v) is 4.25. The lowest BCUT2D eigenvalue weighted by atomic mass is 9.90. The van der Waals surface area contributed by atoms with E-state index in [4.69, 9.17) is 4.74 Å². The van der Waals surface area contributed by atoms with Crippen molar-refractivity contribution in [2.45, 2.75) is 12.8 Å². The van der Waals surface area contributed by atoms with E-state index in [0.29, 0.717) is 16.8 Å². The molecule has 1 heterocycles. The molecule has 0 radical (unpaired) electrons. The number of ether oxygens (including phenoxy) is 1. The van der Waals surface area contributed by atoms with Crippen LogP contribution in [0.4, 0.5) is 5.69 Å². The molecule has 20 heavy (non-hydrogen) atoms. The van der Waals surface area contributed by atoms with E-state index in [1.54, 1.807) is 19.1 Å². The van der Waals surface area contributed by atoms with E-state index in [-0.39, 0.29) is 5.69 Å². The van der Waals surface area contributed by atoms with Crippen molar-refractivity contribution >= 4 is 17.9 Å². The van der Waals surface area contributed by atoms with E-state index >= 15 is 0 Å². The summed E-state index contributed by atoms with van der Waals surface area (Å²) in [6, 6.07) is 6.12. The molecular weight excluding hydrogens is 262 g/mol. The zero-order chi connectivity index (χ0) is 14.7. The molecule has 1 atom stereocenters. The number of hydrogen-bond acceptors (Lipinski definition) is 6. The maximum absolute atomic E-state index is 11.9. The van der Waals surface area contributed by atoms with Gasteiger partial charge in [-0.3, -0.25) is 15.5 Å². The van der Waals surface area contributed by atoms with Crippen LogP contribution in [0.15, 0.2) is 40.6 Å². The van der Waals surface area contributed by atoms with Gasteiger partial charge in [0, 0.05) is 24.0 Å². The van der Waals surface area contributed by atoms with E-state index < -0.39 is 16.8 Å². The van der Waals surface area contributed by atoms with Crippen LogP contribution in [0.5, 0.6) is 0 Å². The molecule has 1 aromatic rings. The predicted molar refractivity (Wildman–Crippen MR) is 72.2 cm³/mol. The lowest BCUT2D eigenvalue weighted by Gasteiger charge is -2.21. The highest BCUT2D eigenvalue weighted by atomic mass is 16.6. The Kier molecular flexibility index (Phi) is 3.79. The maximum atomic E-state index is 11.9. The van der Waals surface area contributed by atoms with Crippen LogP contribution in [0.25, 0.3) is 0 Å². The lowest BCUT2D eigenvalue weighted by Crippen LogP contribution is -2.24. The molecule has 1 N–H and O–H groups in total. The van der Waals surface area contributed by atoms with Gasteiger partial charge in [-0.2, -0.15) is 5.10 Å². The normalized spacial score (nSPS) is 17.6. The molecule has 7 nitrogen and oxygen atoms in total. The standard InChI is InChI=1S/C13H13N3O4/c1-8-12(13(17)20-2)11(7-14-15-8)9-4-3-5-10(6-9)16(18)19/h3-7,11,15H,1-2H3. The van der Waals surface area contributed by atoms with Crippen LogP contribution >= 0.6 is 0 Å². The van der Waals surface area contributed by atoms with Gasteiger partial charge in [0.1, 0.15) is 0 Å². The van der Waals surface area contributed by atoms with Crippen LogP contribution in [0.3, 0.4) is 0 Å². The number of nitro groups is 1. The van der Waals surface area contributed by atoms with Gasteiger partial charge in [0.25, 0.3) is 5.69 Å². The summed E-state index contributed by atoms with van der Waals surface area (Å²) in [5.74, 6) is -0.957. The van der Waals surface area contributed by atoms with Crippen LogP contribution < -0.4 is 5.43 Å². The first-order valence-corrected chi connectivity index (χ1v) is 5.87. The Morgan fingerprint density at radius 1 is 1.50 bits per heavy atom. The van der Waals surface area contributed by atoms with Gasteiger partial charge in [0.15, 0.2) is 0 Å². The van der Waals surface area contributed by atoms with E-state index in [2.05, 4.69) is 10.5 Å². The zero-order valence-corrected chi connectivity index (χ0v) is 11.0. The number of nitrogens with one attached hydrogen (secondary N) is 1. The molecule has 0 amide bonds. The number of carbonyl (C=O) groups excluding carboxylic acids is 1. The van der Waals surface area contributed by atoms with Gasteiger partial charge in [-0.15, -0.1) is 0 Å². The Labute approximate surface area is 115 Å². The molecule has 0 aliphatic carbocycles. The van der Waals surface area contributed by atoms with Crippen molar-refractivity contribution in [2.75, 3.05) is 7.11 Å². The number of methoxy groups -OCH3 is 1. The first-order valence-electron chi connectivity index (χ1n) is 5.87. The zero-order valence-electron chi connectivity index (χ0n) is 11.0. The minimum atomic E-state index is -0.488. The van der Waals surface area contributed by atoms with Crippen molar-refractivity contribution < 1.29 is 14.5 Å². The SMILES string of the molecule is COC(=O)C1=C(C)NN=CC1c1cccc([N+](=O)[O-])c1. The molecular formula is C13H13N3O4. The molecule has 1 aliphatic rings. The topological polar surface area (TPSA) is 93.8 Å².